The smallest absolute Gasteiger partial charge is 0.335 e. The molecule has 0 aliphatic heterocycles. The Hall–Kier alpha value is -2.74. The molecule has 0 fully saturated rings. The lowest BCUT2D eigenvalue weighted by atomic mass is 10.0. The summed E-state index contributed by atoms with van der Waals surface area (Å²) in [4.78, 5) is 10.8. The van der Waals surface area contributed by atoms with Crippen LogP contribution in [0.15, 0.2) is 36.4 Å². The minimum Gasteiger partial charge on any atom is -0.478 e. The van der Waals surface area contributed by atoms with Crippen LogP contribution in [0.2, 0.25) is 0 Å². The zero-order valence-electron chi connectivity index (χ0n) is 9.52. The molecule has 0 heterocycles. The molecule has 1 N–H and O–H groups in total. The molecular formula is C14H7F2NO2. The molecule has 0 unspecified atom stereocenters. The Morgan fingerprint density at radius 1 is 1.21 bits per heavy atom. The van der Waals surface area contributed by atoms with Crippen LogP contribution in [0.4, 0.5) is 8.78 Å². The molecule has 0 atom stereocenters. The van der Waals surface area contributed by atoms with E-state index in [9.17, 15) is 13.6 Å². The fourth-order valence-electron chi connectivity index (χ4n) is 1.71. The Balaban J connectivity index is 2.66. The summed E-state index contributed by atoms with van der Waals surface area (Å²) >= 11 is 0. The first-order chi connectivity index (χ1) is 9.02. The van der Waals surface area contributed by atoms with Crippen molar-refractivity contribution in [2.24, 2.45) is 0 Å². The first-order valence-corrected chi connectivity index (χ1v) is 5.26. The van der Waals surface area contributed by atoms with E-state index >= 15 is 0 Å². The average molecular weight is 259 g/mol. The van der Waals surface area contributed by atoms with Gasteiger partial charge in [-0.1, -0.05) is 12.1 Å². The number of nitriles is 1. The highest BCUT2D eigenvalue weighted by atomic mass is 19.1. The Morgan fingerprint density at radius 2 is 1.95 bits per heavy atom. The van der Waals surface area contributed by atoms with Crippen LogP contribution in [-0.2, 0) is 0 Å². The van der Waals surface area contributed by atoms with Crippen LogP contribution in [0.1, 0.15) is 15.9 Å². The van der Waals surface area contributed by atoms with Gasteiger partial charge in [-0.25, -0.2) is 13.6 Å². The van der Waals surface area contributed by atoms with Gasteiger partial charge in [-0.3, -0.25) is 0 Å². The summed E-state index contributed by atoms with van der Waals surface area (Å²) in [5.74, 6) is -2.89. The largest absolute Gasteiger partial charge is 0.478 e. The normalized spacial score (nSPS) is 9.95. The van der Waals surface area contributed by atoms with Gasteiger partial charge in [0.1, 0.15) is 17.7 Å². The standard InChI is InChI=1S/C14H7F2NO2/c15-11-5-9(4-10(6-11)14(18)19)12-3-1-2-8(7-17)13(12)16/h1-6H,(H,18,19). The molecule has 0 aliphatic carbocycles. The molecule has 0 aliphatic rings. The molecule has 0 radical (unpaired) electrons. The summed E-state index contributed by atoms with van der Waals surface area (Å²) in [7, 11) is 0. The number of benzene rings is 2. The van der Waals surface area contributed by atoms with Gasteiger partial charge in [0.2, 0.25) is 0 Å². The van der Waals surface area contributed by atoms with E-state index in [1.807, 2.05) is 0 Å². The van der Waals surface area contributed by atoms with Crippen LogP contribution in [0, 0.1) is 23.0 Å². The summed E-state index contributed by atoms with van der Waals surface area (Å²) in [5.41, 5.74) is -0.400. The molecule has 0 bridgehead atoms. The molecule has 5 heteroatoms. The number of halogens is 2. The van der Waals surface area contributed by atoms with Gasteiger partial charge in [-0.05, 0) is 29.8 Å². The van der Waals surface area contributed by atoms with Gasteiger partial charge in [0.05, 0.1) is 11.1 Å². The second-order valence-corrected chi connectivity index (χ2v) is 3.81. The molecule has 3 nitrogen and oxygen atoms in total. The molecule has 2 aromatic carbocycles. The zero-order chi connectivity index (χ0) is 14.0. The quantitative estimate of drug-likeness (QED) is 0.900. The Morgan fingerprint density at radius 3 is 2.58 bits per heavy atom. The third-order valence-electron chi connectivity index (χ3n) is 2.57. The van der Waals surface area contributed by atoms with E-state index in [-0.39, 0.29) is 22.3 Å². The number of hydrogen-bond donors (Lipinski definition) is 1. The number of nitrogens with zero attached hydrogens (tertiary/aromatic N) is 1. The predicted molar refractivity (Wildman–Crippen MR) is 63.5 cm³/mol. The summed E-state index contributed by atoms with van der Waals surface area (Å²) in [6, 6.07) is 8.79. The number of aromatic carboxylic acids is 1. The van der Waals surface area contributed by atoms with Gasteiger partial charge in [0, 0.05) is 5.56 Å². The predicted octanol–water partition coefficient (Wildman–Crippen LogP) is 3.20. The van der Waals surface area contributed by atoms with E-state index in [1.165, 1.54) is 18.2 Å². The second kappa shape index (κ2) is 4.86. The third kappa shape index (κ3) is 2.43. The zero-order valence-corrected chi connectivity index (χ0v) is 9.52. The van der Waals surface area contributed by atoms with Crippen LogP contribution in [0.25, 0.3) is 11.1 Å². The van der Waals surface area contributed by atoms with E-state index in [0.717, 1.165) is 18.2 Å². The molecule has 2 rings (SSSR count). The number of rotatable bonds is 2. The van der Waals surface area contributed by atoms with Crippen molar-refractivity contribution in [1.29, 1.82) is 5.26 Å². The van der Waals surface area contributed by atoms with Gasteiger partial charge < -0.3 is 5.11 Å². The van der Waals surface area contributed by atoms with Crippen molar-refractivity contribution in [3.05, 3.63) is 59.2 Å². The van der Waals surface area contributed by atoms with Gasteiger partial charge in [-0.2, -0.15) is 5.26 Å². The van der Waals surface area contributed by atoms with E-state index in [4.69, 9.17) is 10.4 Å². The fraction of sp³-hybridized carbons (Fsp3) is 0. The minimum absolute atomic E-state index is 0.0129. The van der Waals surface area contributed by atoms with Gasteiger partial charge in [-0.15, -0.1) is 0 Å². The van der Waals surface area contributed by atoms with E-state index in [1.54, 1.807) is 6.07 Å². The maximum Gasteiger partial charge on any atom is 0.335 e. The van der Waals surface area contributed by atoms with Gasteiger partial charge >= 0.3 is 5.97 Å². The Labute approximate surface area is 107 Å². The van der Waals surface area contributed by atoms with Crippen LogP contribution in [-0.4, -0.2) is 11.1 Å². The molecular weight excluding hydrogens is 252 g/mol. The number of carboxylic acids is 1. The lowest BCUT2D eigenvalue weighted by Crippen LogP contribution is -1.98. The maximum absolute atomic E-state index is 13.9. The van der Waals surface area contributed by atoms with E-state index in [0.29, 0.717) is 0 Å². The Bertz CT molecular complexity index is 705. The van der Waals surface area contributed by atoms with Crippen LogP contribution in [0.3, 0.4) is 0 Å². The third-order valence-corrected chi connectivity index (χ3v) is 2.57. The number of carbonyl (C=O) groups is 1. The van der Waals surface area contributed by atoms with Crippen LogP contribution < -0.4 is 0 Å². The summed E-state index contributed by atoms with van der Waals surface area (Å²) in [5, 5.41) is 17.6. The van der Waals surface area contributed by atoms with Crippen molar-refractivity contribution in [2.75, 3.05) is 0 Å². The van der Waals surface area contributed by atoms with Crippen molar-refractivity contribution in [3.8, 4) is 17.2 Å². The lowest BCUT2D eigenvalue weighted by molar-refractivity contribution is 0.0696. The maximum atomic E-state index is 13.9. The molecule has 0 amide bonds. The second-order valence-electron chi connectivity index (χ2n) is 3.81. The average Bonchev–Trinajstić information content (AvgIpc) is 2.38. The number of hydrogen-bond acceptors (Lipinski definition) is 2. The highest BCUT2D eigenvalue weighted by molar-refractivity contribution is 5.89. The first-order valence-electron chi connectivity index (χ1n) is 5.26. The van der Waals surface area contributed by atoms with E-state index in [2.05, 4.69) is 0 Å². The Kier molecular flexibility index (Phi) is 3.25. The molecule has 2 aromatic rings. The van der Waals surface area contributed by atoms with Crippen molar-refractivity contribution >= 4 is 5.97 Å². The highest BCUT2D eigenvalue weighted by Crippen LogP contribution is 2.26. The van der Waals surface area contributed by atoms with Crippen molar-refractivity contribution in [3.63, 3.8) is 0 Å². The summed E-state index contributed by atoms with van der Waals surface area (Å²) < 4.78 is 27.3. The highest BCUT2D eigenvalue weighted by Gasteiger charge is 2.13. The van der Waals surface area contributed by atoms with Crippen LogP contribution in [0.5, 0.6) is 0 Å². The van der Waals surface area contributed by atoms with Crippen molar-refractivity contribution in [2.45, 2.75) is 0 Å². The van der Waals surface area contributed by atoms with Gasteiger partial charge in [0.25, 0.3) is 0 Å². The molecule has 0 spiro atoms. The molecule has 0 saturated heterocycles. The fourth-order valence-corrected chi connectivity index (χ4v) is 1.71. The van der Waals surface area contributed by atoms with Crippen LogP contribution >= 0.6 is 0 Å². The monoisotopic (exact) mass is 259 g/mol. The topological polar surface area (TPSA) is 61.1 Å². The summed E-state index contributed by atoms with van der Waals surface area (Å²) in [6.07, 6.45) is 0. The van der Waals surface area contributed by atoms with Gasteiger partial charge in [0.15, 0.2) is 0 Å². The van der Waals surface area contributed by atoms with Crippen molar-refractivity contribution < 1.29 is 18.7 Å². The summed E-state index contributed by atoms with van der Waals surface area (Å²) in [6.45, 7) is 0. The first kappa shape index (κ1) is 12.7. The SMILES string of the molecule is N#Cc1cccc(-c2cc(F)cc(C(=O)O)c2)c1F. The lowest BCUT2D eigenvalue weighted by Gasteiger charge is -2.06. The molecule has 0 saturated carbocycles. The minimum atomic E-state index is -1.31. The molecule has 0 aromatic heterocycles. The van der Waals surface area contributed by atoms with E-state index < -0.39 is 17.6 Å². The van der Waals surface area contributed by atoms with Crippen molar-refractivity contribution in [1.82, 2.24) is 0 Å². The molecule has 94 valence electrons. The number of carboxylic acid groups (broad SMARTS) is 1. The molecule has 19 heavy (non-hydrogen) atoms.